The molecule has 164 valence electrons. The quantitative estimate of drug-likeness (QED) is 0.449. The second-order valence-electron chi connectivity index (χ2n) is 7.65. The molecule has 3 heterocycles. The predicted molar refractivity (Wildman–Crippen MR) is 128 cm³/mol. The first-order valence-electron chi connectivity index (χ1n) is 10.3. The van der Waals surface area contributed by atoms with Crippen LogP contribution in [0.2, 0.25) is 5.02 Å². The highest BCUT2D eigenvalue weighted by Gasteiger charge is 2.32. The molecule has 0 bridgehead atoms. The Balaban J connectivity index is 1.50. The van der Waals surface area contributed by atoms with Crippen LogP contribution in [0.25, 0.3) is 22.0 Å². The molecule has 0 radical (unpaired) electrons. The summed E-state index contributed by atoms with van der Waals surface area (Å²) in [6.07, 6.45) is 4.09. The smallest absolute Gasteiger partial charge is 0.148 e. The molecule has 32 heavy (non-hydrogen) atoms. The van der Waals surface area contributed by atoms with Crippen molar-refractivity contribution in [2.45, 2.75) is 4.90 Å². The Bertz CT molecular complexity index is 1230. The molecule has 2 N–H and O–H groups in total. The second-order valence-corrected chi connectivity index (χ2v) is 9.01. The van der Waals surface area contributed by atoms with Crippen molar-refractivity contribution in [1.82, 2.24) is 14.9 Å². The Hall–Kier alpha value is -2.81. The Labute approximate surface area is 194 Å². The number of nitrogens with zero attached hydrogens (tertiary/aromatic N) is 4. The van der Waals surface area contributed by atoms with Crippen molar-refractivity contribution in [2.24, 2.45) is 0 Å². The van der Waals surface area contributed by atoms with E-state index in [1.807, 2.05) is 36.5 Å². The van der Waals surface area contributed by atoms with Gasteiger partial charge in [0.1, 0.15) is 17.9 Å². The van der Waals surface area contributed by atoms with E-state index >= 15 is 4.39 Å². The van der Waals surface area contributed by atoms with Gasteiger partial charge in [0, 0.05) is 43.3 Å². The lowest BCUT2D eigenvalue weighted by Gasteiger charge is -2.40. The van der Waals surface area contributed by atoms with E-state index in [1.54, 1.807) is 6.07 Å². The summed E-state index contributed by atoms with van der Waals surface area (Å²) >= 11 is 8.15. The van der Waals surface area contributed by atoms with E-state index in [9.17, 15) is 4.79 Å². The molecule has 1 saturated heterocycles. The van der Waals surface area contributed by atoms with Gasteiger partial charge in [-0.2, -0.15) is 0 Å². The van der Waals surface area contributed by atoms with Crippen LogP contribution in [0.1, 0.15) is 0 Å². The Morgan fingerprint density at radius 3 is 2.72 bits per heavy atom. The van der Waals surface area contributed by atoms with Crippen LogP contribution in [0.4, 0.5) is 15.9 Å². The number of carbonyl (C=O) groups is 1. The van der Waals surface area contributed by atoms with E-state index in [0.717, 1.165) is 43.5 Å². The van der Waals surface area contributed by atoms with Crippen molar-refractivity contribution in [2.75, 3.05) is 42.8 Å². The molecule has 5 rings (SSSR count). The van der Waals surface area contributed by atoms with Crippen LogP contribution in [-0.4, -0.2) is 53.2 Å². The summed E-state index contributed by atoms with van der Waals surface area (Å²) in [5.74, 6) is 0.615. The van der Waals surface area contributed by atoms with Crippen molar-refractivity contribution < 1.29 is 9.18 Å². The zero-order chi connectivity index (χ0) is 22.2. The van der Waals surface area contributed by atoms with E-state index in [2.05, 4.69) is 19.9 Å². The van der Waals surface area contributed by atoms with Gasteiger partial charge >= 0.3 is 0 Å². The lowest BCUT2D eigenvalue weighted by Crippen LogP contribution is -2.52. The van der Waals surface area contributed by atoms with Gasteiger partial charge in [0.2, 0.25) is 0 Å². The first kappa shape index (κ1) is 21.1. The molecule has 2 aliphatic rings. The molecule has 0 unspecified atom stereocenters. The van der Waals surface area contributed by atoms with Gasteiger partial charge in [-0.05, 0) is 29.8 Å². The van der Waals surface area contributed by atoms with Crippen LogP contribution < -0.4 is 10.7 Å². The highest BCUT2D eigenvalue weighted by atomic mass is 35.5. The second kappa shape index (κ2) is 8.61. The summed E-state index contributed by atoms with van der Waals surface area (Å²) in [5, 5.41) is 5.46. The average molecular weight is 470 g/mol. The fourth-order valence-corrected chi connectivity index (χ4v) is 5.64. The third-order valence-corrected chi connectivity index (χ3v) is 7.12. The Kier molecular flexibility index (Phi) is 5.67. The summed E-state index contributed by atoms with van der Waals surface area (Å²) < 4.78 is 15.9. The molecule has 0 aliphatic carbocycles. The number of allylic oxidation sites excluding steroid dienone is 1. The van der Waals surface area contributed by atoms with E-state index < -0.39 is 0 Å². The maximum absolute atomic E-state index is 15.9. The molecule has 9 heteroatoms. The number of hydrogen-bond donors (Lipinski definition) is 1. The van der Waals surface area contributed by atoms with Gasteiger partial charge in [-0.25, -0.2) is 14.4 Å². The van der Waals surface area contributed by atoms with Crippen molar-refractivity contribution >= 4 is 52.1 Å². The maximum atomic E-state index is 15.9. The number of thioether (sulfide) groups is 1. The van der Waals surface area contributed by atoms with E-state index in [4.69, 9.17) is 17.3 Å². The van der Waals surface area contributed by atoms with Crippen molar-refractivity contribution in [3.63, 3.8) is 0 Å². The van der Waals surface area contributed by atoms with Crippen LogP contribution in [0, 0.1) is 5.82 Å². The largest absolute Gasteiger partial charge is 0.384 e. The minimum absolute atomic E-state index is 0.324. The molecule has 3 aromatic rings. The summed E-state index contributed by atoms with van der Waals surface area (Å²) in [7, 11) is 0. The van der Waals surface area contributed by atoms with Crippen LogP contribution in [0.15, 0.2) is 53.6 Å². The molecular weight excluding hydrogens is 449 g/mol. The predicted octanol–water partition coefficient (Wildman–Crippen LogP) is 4.39. The summed E-state index contributed by atoms with van der Waals surface area (Å²) in [5.41, 5.74) is 8.50. The molecule has 0 spiro atoms. The number of anilines is 2. The number of nitrogen functional groups attached to an aromatic ring is 1. The number of aldehydes is 1. The number of piperazine rings is 1. The summed E-state index contributed by atoms with van der Waals surface area (Å²) in [6.45, 7) is 3.13. The zero-order valence-corrected chi connectivity index (χ0v) is 18.7. The number of fused-ring (bicyclic) bond motifs is 2. The molecule has 6 nitrogen and oxygen atoms in total. The SMILES string of the molecule is Nc1cc(-c2c(Cl)cc3c(c2F)SCN3N2CCN(C=CC=O)CC2)c2ccccc2n1. The van der Waals surface area contributed by atoms with E-state index in [1.165, 1.54) is 17.8 Å². The third kappa shape index (κ3) is 3.68. The van der Waals surface area contributed by atoms with E-state index in [-0.39, 0.29) is 5.82 Å². The Morgan fingerprint density at radius 2 is 1.94 bits per heavy atom. The molecule has 1 fully saturated rings. The van der Waals surface area contributed by atoms with Crippen LogP contribution in [-0.2, 0) is 4.79 Å². The highest BCUT2D eigenvalue weighted by molar-refractivity contribution is 7.99. The molecule has 2 aromatic carbocycles. The monoisotopic (exact) mass is 469 g/mol. The number of hydrazine groups is 1. The Morgan fingerprint density at radius 1 is 1.16 bits per heavy atom. The molecule has 0 atom stereocenters. The van der Waals surface area contributed by atoms with Crippen LogP contribution in [0.3, 0.4) is 0 Å². The first-order chi connectivity index (χ1) is 15.6. The zero-order valence-electron chi connectivity index (χ0n) is 17.2. The van der Waals surface area contributed by atoms with Gasteiger partial charge < -0.3 is 10.6 Å². The van der Waals surface area contributed by atoms with Crippen molar-refractivity contribution in [3.05, 3.63) is 59.5 Å². The number of carbonyl (C=O) groups excluding carboxylic acids is 1. The number of halogens is 2. The normalized spacial score (nSPS) is 16.8. The van der Waals surface area contributed by atoms with Gasteiger partial charge in [0.25, 0.3) is 0 Å². The van der Waals surface area contributed by atoms with Gasteiger partial charge in [0.05, 0.1) is 27.0 Å². The number of para-hydroxylation sites is 1. The van der Waals surface area contributed by atoms with Crippen molar-refractivity contribution in [3.8, 4) is 11.1 Å². The minimum Gasteiger partial charge on any atom is -0.384 e. The number of benzene rings is 2. The molecule has 0 amide bonds. The minimum atomic E-state index is -0.330. The molecule has 1 aromatic heterocycles. The number of nitrogens with two attached hydrogens (primary N) is 1. The van der Waals surface area contributed by atoms with Crippen LogP contribution in [0.5, 0.6) is 0 Å². The first-order valence-corrected chi connectivity index (χ1v) is 11.6. The lowest BCUT2D eigenvalue weighted by molar-refractivity contribution is -0.104. The third-order valence-electron chi connectivity index (χ3n) is 5.78. The van der Waals surface area contributed by atoms with Crippen molar-refractivity contribution in [1.29, 1.82) is 0 Å². The van der Waals surface area contributed by atoms with Crippen LogP contribution >= 0.6 is 23.4 Å². The average Bonchev–Trinajstić information content (AvgIpc) is 3.22. The van der Waals surface area contributed by atoms with Gasteiger partial charge in [-0.3, -0.25) is 9.80 Å². The highest BCUT2D eigenvalue weighted by Crippen LogP contribution is 2.48. The number of pyridine rings is 1. The van der Waals surface area contributed by atoms with Gasteiger partial charge in [-0.1, -0.05) is 41.6 Å². The number of aromatic nitrogens is 1. The standard InChI is InChI=1S/C23H21ClFN5OS/c24-17-13-19-23(32-14-30(19)29-9-7-28(8-10-29)6-3-11-31)22(25)21(17)16-12-20(26)27-18-5-2-1-4-15(16)18/h1-6,11-13H,7-10,14H2,(H2,26,27). The van der Waals surface area contributed by atoms with Gasteiger partial charge in [0.15, 0.2) is 0 Å². The van der Waals surface area contributed by atoms with Gasteiger partial charge in [-0.15, -0.1) is 0 Å². The molecule has 2 aliphatic heterocycles. The maximum Gasteiger partial charge on any atom is 0.148 e. The topological polar surface area (TPSA) is 65.7 Å². The molecule has 0 saturated carbocycles. The number of hydrogen-bond acceptors (Lipinski definition) is 7. The van der Waals surface area contributed by atoms with E-state index in [0.29, 0.717) is 38.3 Å². The summed E-state index contributed by atoms with van der Waals surface area (Å²) in [6, 6.07) is 11.1. The lowest BCUT2D eigenvalue weighted by atomic mass is 10.00. The summed E-state index contributed by atoms with van der Waals surface area (Å²) in [4.78, 5) is 17.6. The fraction of sp³-hybridized carbons (Fsp3) is 0.217. The fourth-order valence-electron chi connectivity index (χ4n) is 4.26. The molecular formula is C23H21ClFN5OS. The number of rotatable bonds is 4.